The number of rotatable bonds is 2. The highest BCUT2D eigenvalue weighted by Crippen LogP contribution is 2.32. The Balaban J connectivity index is 1.59. The molecule has 26 heavy (non-hydrogen) atoms. The summed E-state index contributed by atoms with van der Waals surface area (Å²) in [7, 11) is 0. The van der Waals surface area contributed by atoms with E-state index in [0.29, 0.717) is 0 Å². The fraction of sp³-hybridized carbons (Fsp3) is 0.217. The van der Waals surface area contributed by atoms with Crippen LogP contribution in [-0.2, 0) is 0 Å². The van der Waals surface area contributed by atoms with Crippen molar-refractivity contribution in [2.45, 2.75) is 13.3 Å². The molecular weight excluding hydrogens is 318 g/mol. The highest BCUT2D eigenvalue weighted by molar-refractivity contribution is 6.07. The summed E-state index contributed by atoms with van der Waals surface area (Å²) in [5.41, 5.74) is 5.70. The van der Waals surface area contributed by atoms with E-state index in [2.05, 4.69) is 70.3 Å². The zero-order chi connectivity index (χ0) is 17.5. The maximum atomic E-state index is 4.61. The summed E-state index contributed by atoms with van der Waals surface area (Å²) in [5.74, 6) is 0.791. The van der Waals surface area contributed by atoms with Gasteiger partial charge in [0.25, 0.3) is 0 Å². The van der Waals surface area contributed by atoms with Crippen LogP contribution in [0.1, 0.15) is 13.3 Å². The number of hydrogen-bond acceptors (Lipinski definition) is 3. The number of fused-ring (bicyclic) bond motifs is 3. The molecule has 128 valence electrons. The lowest BCUT2D eigenvalue weighted by Gasteiger charge is -2.18. The van der Waals surface area contributed by atoms with Crippen molar-refractivity contribution in [1.82, 2.24) is 9.97 Å². The topological polar surface area (TPSA) is 29.0 Å². The highest BCUT2D eigenvalue weighted by atomic mass is 15.1. The summed E-state index contributed by atoms with van der Waals surface area (Å²) >= 11 is 0. The van der Waals surface area contributed by atoms with Crippen LogP contribution < -0.4 is 4.90 Å². The monoisotopic (exact) mass is 339 g/mol. The van der Waals surface area contributed by atoms with Crippen LogP contribution >= 0.6 is 0 Å². The minimum absolute atomic E-state index is 0.791. The Labute approximate surface area is 153 Å². The van der Waals surface area contributed by atoms with Gasteiger partial charge in [-0.15, -0.1) is 0 Å². The molecule has 0 aliphatic carbocycles. The van der Waals surface area contributed by atoms with Crippen LogP contribution in [0.15, 0.2) is 67.0 Å². The van der Waals surface area contributed by atoms with Gasteiger partial charge in [-0.3, -0.25) is 9.97 Å². The van der Waals surface area contributed by atoms with E-state index in [0.717, 1.165) is 40.8 Å². The van der Waals surface area contributed by atoms with E-state index >= 15 is 0 Å². The maximum absolute atomic E-state index is 4.61. The molecule has 2 aromatic carbocycles. The Morgan fingerprint density at radius 2 is 1.73 bits per heavy atom. The van der Waals surface area contributed by atoms with Crippen molar-refractivity contribution in [1.29, 1.82) is 0 Å². The van der Waals surface area contributed by atoms with Crippen molar-refractivity contribution in [2.75, 3.05) is 18.0 Å². The third-order valence-corrected chi connectivity index (χ3v) is 5.45. The Morgan fingerprint density at radius 3 is 2.54 bits per heavy atom. The standard InChI is InChI=1S/C23H21N3/c1-16-11-14-26(15-16)19-7-4-17(5-8-19)20-10-13-25-23-21(20)9-6-18-3-2-12-24-22(18)23/h2-10,12-13,16H,11,14-15H2,1H3. The summed E-state index contributed by atoms with van der Waals surface area (Å²) in [6.45, 7) is 4.65. The van der Waals surface area contributed by atoms with E-state index in [4.69, 9.17) is 0 Å². The summed E-state index contributed by atoms with van der Waals surface area (Å²) < 4.78 is 0. The van der Waals surface area contributed by atoms with Crippen molar-refractivity contribution >= 4 is 27.5 Å². The van der Waals surface area contributed by atoms with E-state index < -0.39 is 0 Å². The molecular formula is C23H21N3. The van der Waals surface area contributed by atoms with Gasteiger partial charge in [-0.2, -0.15) is 0 Å². The van der Waals surface area contributed by atoms with Crippen molar-refractivity contribution in [3.05, 3.63) is 67.0 Å². The maximum Gasteiger partial charge on any atom is 0.0970 e. The summed E-state index contributed by atoms with van der Waals surface area (Å²) in [6.07, 6.45) is 5.01. The molecule has 1 unspecified atom stereocenters. The largest absolute Gasteiger partial charge is 0.371 e. The Bertz CT molecular complexity index is 1090. The van der Waals surface area contributed by atoms with Crippen molar-refractivity contribution in [2.24, 2.45) is 5.92 Å². The van der Waals surface area contributed by atoms with Gasteiger partial charge in [0.1, 0.15) is 0 Å². The zero-order valence-electron chi connectivity index (χ0n) is 14.9. The Morgan fingerprint density at radius 1 is 0.885 bits per heavy atom. The number of aromatic nitrogens is 2. The fourth-order valence-electron chi connectivity index (χ4n) is 4.03. The van der Waals surface area contributed by atoms with Gasteiger partial charge in [0.05, 0.1) is 11.0 Å². The van der Waals surface area contributed by atoms with E-state index in [-0.39, 0.29) is 0 Å². The number of anilines is 1. The molecule has 5 rings (SSSR count). The van der Waals surface area contributed by atoms with Crippen LogP contribution in [0, 0.1) is 5.92 Å². The van der Waals surface area contributed by atoms with Crippen molar-refractivity contribution in [3.63, 3.8) is 0 Å². The average molecular weight is 339 g/mol. The van der Waals surface area contributed by atoms with Gasteiger partial charge in [-0.05, 0) is 47.7 Å². The van der Waals surface area contributed by atoms with Gasteiger partial charge < -0.3 is 4.90 Å². The van der Waals surface area contributed by atoms with Crippen LogP contribution in [0.2, 0.25) is 0 Å². The smallest absolute Gasteiger partial charge is 0.0970 e. The Kier molecular flexibility index (Phi) is 3.59. The van der Waals surface area contributed by atoms with E-state index in [1.165, 1.54) is 23.2 Å². The molecule has 0 amide bonds. The summed E-state index contributed by atoms with van der Waals surface area (Å²) in [6, 6.07) is 19.4. The van der Waals surface area contributed by atoms with E-state index in [1.807, 2.05) is 18.5 Å². The fourth-order valence-corrected chi connectivity index (χ4v) is 4.03. The summed E-state index contributed by atoms with van der Waals surface area (Å²) in [5, 5.41) is 2.28. The second-order valence-electron chi connectivity index (χ2n) is 7.28. The molecule has 1 aliphatic rings. The van der Waals surface area contributed by atoms with E-state index in [9.17, 15) is 0 Å². The average Bonchev–Trinajstić information content (AvgIpc) is 3.14. The predicted molar refractivity (Wildman–Crippen MR) is 108 cm³/mol. The lowest BCUT2D eigenvalue weighted by molar-refractivity contribution is 0.659. The molecule has 0 saturated carbocycles. The minimum Gasteiger partial charge on any atom is -0.371 e. The van der Waals surface area contributed by atoms with Crippen LogP contribution in [0.4, 0.5) is 5.69 Å². The molecule has 3 heteroatoms. The van der Waals surface area contributed by atoms with Crippen LogP contribution in [0.5, 0.6) is 0 Å². The quantitative estimate of drug-likeness (QED) is 0.464. The molecule has 1 saturated heterocycles. The lowest BCUT2D eigenvalue weighted by Crippen LogP contribution is -2.18. The predicted octanol–water partition coefficient (Wildman–Crippen LogP) is 5.30. The van der Waals surface area contributed by atoms with Gasteiger partial charge in [0.2, 0.25) is 0 Å². The molecule has 2 aromatic heterocycles. The third-order valence-electron chi connectivity index (χ3n) is 5.45. The number of nitrogens with zero attached hydrogens (tertiary/aromatic N) is 3. The van der Waals surface area contributed by atoms with Gasteiger partial charge in [-0.1, -0.05) is 37.3 Å². The number of hydrogen-bond donors (Lipinski definition) is 0. The van der Waals surface area contributed by atoms with Crippen molar-refractivity contribution < 1.29 is 0 Å². The first-order chi connectivity index (χ1) is 12.8. The molecule has 4 aromatic rings. The van der Waals surface area contributed by atoms with Gasteiger partial charge >= 0.3 is 0 Å². The third kappa shape index (κ3) is 2.51. The van der Waals surface area contributed by atoms with Gasteiger partial charge in [-0.25, -0.2) is 0 Å². The molecule has 3 nitrogen and oxygen atoms in total. The number of pyridine rings is 2. The molecule has 3 heterocycles. The summed E-state index contributed by atoms with van der Waals surface area (Å²) in [4.78, 5) is 11.6. The first-order valence-electron chi connectivity index (χ1n) is 9.27. The lowest BCUT2D eigenvalue weighted by atomic mass is 9.99. The molecule has 0 radical (unpaired) electrons. The van der Waals surface area contributed by atoms with E-state index in [1.54, 1.807) is 0 Å². The molecule has 1 fully saturated rings. The SMILES string of the molecule is CC1CCN(c2ccc(-c3ccnc4c3ccc3cccnc34)cc2)C1. The zero-order valence-corrected chi connectivity index (χ0v) is 14.9. The first kappa shape index (κ1) is 15.3. The number of benzene rings is 2. The van der Waals surface area contributed by atoms with Crippen LogP contribution in [-0.4, -0.2) is 23.1 Å². The Hall–Kier alpha value is -2.94. The molecule has 1 aliphatic heterocycles. The molecule has 0 spiro atoms. The minimum atomic E-state index is 0.791. The van der Waals surface area contributed by atoms with Crippen LogP contribution in [0.3, 0.4) is 0 Å². The van der Waals surface area contributed by atoms with Crippen LogP contribution in [0.25, 0.3) is 32.9 Å². The molecule has 0 N–H and O–H groups in total. The second kappa shape index (κ2) is 6.10. The first-order valence-corrected chi connectivity index (χ1v) is 9.27. The van der Waals surface area contributed by atoms with Gasteiger partial charge in [0.15, 0.2) is 0 Å². The normalized spacial score (nSPS) is 17.3. The molecule has 1 atom stereocenters. The highest BCUT2D eigenvalue weighted by Gasteiger charge is 2.18. The second-order valence-corrected chi connectivity index (χ2v) is 7.28. The molecule has 0 bridgehead atoms. The van der Waals surface area contributed by atoms with Gasteiger partial charge in [0, 0.05) is 41.9 Å². The van der Waals surface area contributed by atoms with Crippen molar-refractivity contribution in [3.8, 4) is 11.1 Å².